The summed E-state index contributed by atoms with van der Waals surface area (Å²) in [5.41, 5.74) is 4.16. The Hall–Kier alpha value is -2.01. The van der Waals surface area contributed by atoms with Crippen LogP contribution in [0.25, 0.3) is 11.1 Å². The van der Waals surface area contributed by atoms with Gasteiger partial charge in [0.05, 0.1) is 12.2 Å². The molecule has 1 aromatic heterocycles. The van der Waals surface area contributed by atoms with Crippen molar-refractivity contribution in [2.75, 3.05) is 6.61 Å². The third-order valence-electron chi connectivity index (χ3n) is 10.6. The van der Waals surface area contributed by atoms with Gasteiger partial charge in [0.25, 0.3) is 0 Å². The van der Waals surface area contributed by atoms with Gasteiger partial charge in [0.1, 0.15) is 0 Å². The summed E-state index contributed by atoms with van der Waals surface area (Å²) < 4.78 is 0. The van der Waals surface area contributed by atoms with Crippen molar-refractivity contribution < 1.29 is 15.0 Å². The van der Waals surface area contributed by atoms with Crippen molar-refractivity contribution in [1.29, 1.82) is 0 Å². The second-order valence-corrected chi connectivity index (χ2v) is 12.9. The molecule has 0 unspecified atom stereocenters. The lowest BCUT2D eigenvalue weighted by molar-refractivity contribution is -0.118. The molecule has 2 aromatic rings. The Kier molecular flexibility index (Phi) is 6.13. The number of thiophene rings is 1. The highest BCUT2D eigenvalue weighted by Gasteiger charge is 2.64. The highest BCUT2D eigenvalue weighted by molar-refractivity contribution is 7.08. The van der Waals surface area contributed by atoms with Gasteiger partial charge in [0, 0.05) is 11.8 Å². The second kappa shape index (κ2) is 9.08. The number of hydrogen-bond acceptors (Lipinski definition) is 4. The van der Waals surface area contributed by atoms with Crippen molar-refractivity contribution in [2.45, 2.75) is 63.9 Å². The first kappa shape index (κ1) is 24.3. The zero-order valence-electron chi connectivity index (χ0n) is 21.4. The predicted molar refractivity (Wildman–Crippen MR) is 146 cm³/mol. The van der Waals surface area contributed by atoms with E-state index in [0.29, 0.717) is 47.7 Å². The lowest BCUT2D eigenvalue weighted by Gasteiger charge is -2.59. The van der Waals surface area contributed by atoms with Crippen LogP contribution in [0.4, 0.5) is 0 Å². The summed E-state index contributed by atoms with van der Waals surface area (Å²) in [7, 11) is 0. The molecule has 1 heterocycles. The van der Waals surface area contributed by atoms with Gasteiger partial charge in [-0.3, -0.25) is 4.79 Å². The molecule has 3 saturated carbocycles. The van der Waals surface area contributed by atoms with E-state index in [1.54, 1.807) is 17.4 Å². The van der Waals surface area contributed by atoms with Crippen LogP contribution in [0.3, 0.4) is 0 Å². The molecule has 0 saturated heterocycles. The number of aliphatic hydroxyl groups is 2. The number of benzene rings is 1. The summed E-state index contributed by atoms with van der Waals surface area (Å²) in [6.07, 6.45) is 11.1. The van der Waals surface area contributed by atoms with Gasteiger partial charge in [-0.05, 0) is 107 Å². The highest BCUT2D eigenvalue weighted by Crippen LogP contribution is 2.69. The van der Waals surface area contributed by atoms with E-state index in [1.807, 2.05) is 12.2 Å². The molecule has 4 aliphatic carbocycles. The molecule has 4 heteroatoms. The second-order valence-electron chi connectivity index (χ2n) is 12.2. The molecule has 2 N–H and O–H groups in total. The molecule has 3 nitrogen and oxygen atoms in total. The van der Waals surface area contributed by atoms with Crippen LogP contribution in [0.2, 0.25) is 0 Å². The van der Waals surface area contributed by atoms with E-state index < -0.39 is 5.60 Å². The van der Waals surface area contributed by atoms with Crippen molar-refractivity contribution in [2.24, 2.45) is 35.0 Å². The Morgan fingerprint density at radius 2 is 1.92 bits per heavy atom. The third kappa shape index (κ3) is 3.71. The Balaban J connectivity index is 1.44. The van der Waals surface area contributed by atoms with E-state index in [0.717, 1.165) is 32.1 Å². The van der Waals surface area contributed by atoms with Gasteiger partial charge in [0.15, 0.2) is 5.78 Å². The van der Waals surface area contributed by atoms with E-state index in [-0.39, 0.29) is 12.0 Å². The number of fused-ring (bicyclic) bond motifs is 5. The van der Waals surface area contributed by atoms with Crippen molar-refractivity contribution in [3.8, 4) is 11.1 Å². The van der Waals surface area contributed by atoms with Gasteiger partial charge >= 0.3 is 0 Å². The fourth-order valence-electron chi connectivity index (χ4n) is 8.88. The van der Waals surface area contributed by atoms with Gasteiger partial charge < -0.3 is 10.2 Å². The number of rotatable bonds is 4. The number of hydrogen-bond donors (Lipinski definition) is 2. The largest absolute Gasteiger partial charge is 0.392 e. The van der Waals surface area contributed by atoms with Gasteiger partial charge in [-0.2, -0.15) is 11.3 Å². The third-order valence-corrected chi connectivity index (χ3v) is 11.3. The monoisotopic (exact) mass is 502 g/mol. The minimum absolute atomic E-state index is 0.0378. The molecule has 0 amide bonds. The van der Waals surface area contributed by atoms with Crippen LogP contribution in [0.15, 0.2) is 64.9 Å². The summed E-state index contributed by atoms with van der Waals surface area (Å²) in [6.45, 7) is 4.59. The smallest absolute Gasteiger partial charge is 0.155 e. The first-order valence-corrected chi connectivity index (χ1v) is 14.7. The van der Waals surface area contributed by atoms with Crippen LogP contribution in [0, 0.1) is 35.0 Å². The molecule has 4 aliphatic rings. The molecule has 190 valence electrons. The number of ketones is 1. The van der Waals surface area contributed by atoms with Crippen LogP contribution >= 0.6 is 11.3 Å². The maximum absolute atomic E-state index is 12.4. The lowest BCUT2D eigenvalue weighted by Crippen LogP contribution is -2.55. The summed E-state index contributed by atoms with van der Waals surface area (Å²) >= 11 is 1.72. The summed E-state index contributed by atoms with van der Waals surface area (Å²) in [6, 6.07) is 11.4. The highest BCUT2D eigenvalue weighted by atomic mass is 32.1. The summed E-state index contributed by atoms with van der Waals surface area (Å²) in [5, 5.41) is 25.8. The average Bonchev–Trinajstić information content (AvgIpc) is 3.50. The first-order valence-electron chi connectivity index (χ1n) is 13.7. The lowest BCUT2D eigenvalue weighted by atomic mass is 9.45. The van der Waals surface area contributed by atoms with Crippen LogP contribution in [0.5, 0.6) is 0 Å². The van der Waals surface area contributed by atoms with E-state index >= 15 is 0 Å². The minimum atomic E-state index is -0.887. The summed E-state index contributed by atoms with van der Waals surface area (Å²) in [4.78, 5) is 12.4. The quantitative estimate of drug-likeness (QED) is 0.453. The zero-order valence-corrected chi connectivity index (χ0v) is 22.2. The number of allylic oxidation sites excluding steroid dienone is 1. The average molecular weight is 503 g/mol. The predicted octanol–water partition coefficient (Wildman–Crippen LogP) is 6.78. The van der Waals surface area contributed by atoms with Gasteiger partial charge in [-0.25, -0.2) is 0 Å². The van der Waals surface area contributed by atoms with Gasteiger partial charge in [0.2, 0.25) is 0 Å². The SMILES string of the molecule is C[C@@H]1C[C@@H]2[C@H]([C@@H](c3ccc(-c4ccsc4)cc3)C[C@@]3(C)[C@H]2CC[C@@]3(O)/C=C\CO)[C@H]2CCC(=O)C=C12. The molecule has 0 aliphatic heterocycles. The standard InChI is InChI=1S/C32H38O3S/c1-20-16-27-29-10-13-32(35,12-3-14-33)31(29,2)18-28(30(27)25-9-8-24(34)17-26(20)25)22-6-4-21(5-7-22)23-11-15-36-19-23/h3-7,11-12,15,17,19-20,25,27-30,33,35H,8-10,13-14,16,18H2,1-2H3/b12-3-/t20-,25+,27+,28-,29+,30-,31+,32+/m1/s1. The minimum Gasteiger partial charge on any atom is -0.392 e. The molecule has 0 radical (unpaired) electrons. The van der Waals surface area contributed by atoms with Gasteiger partial charge in [-0.1, -0.05) is 55.8 Å². The molecule has 8 atom stereocenters. The molecule has 0 bridgehead atoms. The van der Waals surface area contributed by atoms with Crippen LogP contribution < -0.4 is 0 Å². The van der Waals surface area contributed by atoms with E-state index in [1.165, 1.54) is 22.3 Å². The molecule has 0 spiro atoms. The Labute approximate surface area is 219 Å². The Morgan fingerprint density at radius 3 is 2.64 bits per heavy atom. The topological polar surface area (TPSA) is 57.5 Å². The molecular formula is C32H38O3S. The first-order chi connectivity index (χ1) is 17.3. The normalized spacial score (nSPS) is 40.0. The van der Waals surface area contributed by atoms with E-state index in [2.05, 4.69) is 54.9 Å². The van der Waals surface area contributed by atoms with Gasteiger partial charge in [-0.15, -0.1) is 0 Å². The fourth-order valence-corrected chi connectivity index (χ4v) is 9.55. The van der Waals surface area contributed by atoms with Crippen molar-refractivity contribution in [3.63, 3.8) is 0 Å². The zero-order chi connectivity index (χ0) is 25.1. The van der Waals surface area contributed by atoms with Crippen molar-refractivity contribution in [3.05, 3.63) is 70.5 Å². The van der Waals surface area contributed by atoms with Crippen molar-refractivity contribution in [1.82, 2.24) is 0 Å². The number of aliphatic hydroxyl groups excluding tert-OH is 1. The van der Waals surface area contributed by atoms with E-state index in [9.17, 15) is 15.0 Å². The van der Waals surface area contributed by atoms with Crippen LogP contribution in [-0.2, 0) is 4.79 Å². The Morgan fingerprint density at radius 1 is 1.11 bits per heavy atom. The maximum atomic E-state index is 12.4. The molecule has 6 rings (SSSR count). The fraction of sp³-hybridized carbons (Fsp3) is 0.531. The van der Waals surface area contributed by atoms with Crippen LogP contribution in [-0.4, -0.2) is 28.2 Å². The molecular weight excluding hydrogens is 464 g/mol. The van der Waals surface area contributed by atoms with Crippen LogP contribution in [0.1, 0.15) is 63.9 Å². The summed E-state index contributed by atoms with van der Waals surface area (Å²) in [5.74, 6) is 3.03. The van der Waals surface area contributed by atoms with Crippen molar-refractivity contribution >= 4 is 17.1 Å². The number of carbonyl (C=O) groups is 1. The molecule has 36 heavy (non-hydrogen) atoms. The molecule has 1 aromatic carbocycles. The van der Waals surface area contributed by atoms with E-state index in [4.69, 9.17) is 0 Å². The maximum Gasteiger partial charge on any atom is 0.155 e. The molecule has 3 fully saturated rings. The Bertz CT molecular complexity index is 1180. The number of carbonyl (C=O) groups excluding carboxylic acids is 1.